The second-order valence-corrected chi connectivity index (χ2v) is 3.44. The van der Waals surface area contributed by atoms with Crippen molar-refractivity contribution < 1.29 is 17.6 Å². The molecule has 0 fully saturated rings. The molecule has 0 saturated heterocycles. The van der Waals surface area contributed by atoms with E-state index >= 15 is 0 Å². The van der Waals surface area contributed by atoms with Crippen LogP contribution in [-0.2, 0) is 12.7 Å². The Balaban J connectivity index is 3.36. The fourth-order valence-corrected chi connectivity index (χ4v) is 1.47. The van der Waals surface area contributed by atoms with Gasteiger partial charge in [-0.3, -0.25) is 0 Å². The van der Waals surface area contributed by atoms with E-state index < -0.39 is 17.6 Å². The van der Waals surface area contributed by atoms with Crippen LogP contribution in [0.4, 0.5) is 17.6 Å². The minimum absolute atomic E-state index is 0.167. The summed E-state index contributed by atoms with van der Waals surface area (Å²) in [7, 11) is 0. The van der Waals surface area contributed by atoms with Crippen molar-refractivity contribution in [3.63, 3.8) is 0 Å². The Morgan fingerprint density at radius 3 is 2.29 bits per heavy atom. The van der Waals surface area contributed by atoms with E-state index in [0.29, 0.717) is 6.07 Å². The highest BCUT2D eigenvalue weighted by atomic mass is 79.9. The van der Waals surface area contributed by atoms with Crippen molar-refractivity contribution in [3.05, 3.63) is 33.5 Å². The number of halogens is 5. The molecule has 14 heavy (non-hydrogen) atoms. The van der Waals surface area contributed by atoms with E-state index in [1.165, 1.54) is 0 Å². The first kappa shape index (κ1) is 11.5. The van der Waals surface area contributed by atoms with Crippen LogP contribution in [0.5, 0.6) is 0 Å². The second kappa shape index (κ2) is 3.86. The Morgan fingerprint density at radius 1 is 1.29 bits per heavy atom. The van der Waals surface area contributed by atoms with Gasteiger partial charge >= 0.3 is 6.18 Å². The highest BCUT2D eigenvalue weighted by Crippen LogP contribution is 2.34. The van der Waals surface area contributed by atoms with Gasteiger partial charge in [0, 0.05) is 16.6 Å². The molecule has 1 aromatic rings. The largest absolute Gasteiger partial charge is 0.419 e. The SMILES string of the molecule is NCc1c(Br)ccc(C(F)(F)F)c1F. The van der Waals surface area contributed by atoms with Gasteiger partial charge in [0.15, 0.2) is 0 Å². The average Bonchev–Trinajstić information content (AvgIpc) is 2.02. The normalized spacial score (nSPS) is 11.9. The molecular weight excluding hydrogens is 266 g/mol. The van der Waals surface area contributed by atoms with E-state index in [4.69, 9.17) is 5.73 Å². The van der Waals surface area contributed by atoms with Gasteiger partial charge in [-0.1, -0.05) is 15.9 Å². The Morgan fingerprint density at radius 2 is 1.86 bits per heavy atom. The molecule has 0 amide bonds. The first-order valence-electron chi connectivity index (χ1n) is 3.62. The number of hydrogen-bond donors (Lipinski definition) is 1. The van der Waals surface area contributed by atoms with Crippen molar-refractivity contribution in [2.45, 2.75) is 12.7 Å². The number of hydrogen-bond acceptors (Lipinski definition) is 1. The molecule has 0 unspecified atom stereocenters. The maximum atomic E-state index is 13.2. The second-order valence-electron chi connectivity index (χ2n) is 2.59. The minimum atomic E-state index is -4.69. The van der Waals surface area contributed by atoms with Gasteiger partial charge in [-0.15, -0.1) is 0 Å². The molecule has 78 valence electrons. The van der Waals surface area contributed by atoms with Gasteiger partial charge in [-0.25, -0.2) is 4.39 Å². The summed E-state index contributed by atoms with van der Waals surface area (Å²) in [5.41, 5.74) is 3.67. The van der Waals surface area contributed by atoms with Crippen LogP contribution in [0, 0.1) is 5.82 Å². The van der Waals surface area contributed by atoms with Gasteiger partial charge in [0.25, 0.3) is 0 Å². The monoisotopic (exact) mass is 271 g/mol. The van der Waals surface area contributed by atoms with Crippen molar-refractivity contribution in [3.8, 4) is 0 Å². The summed E-state index contributed by atoms with van der Waals surface area (Å²) in [4.78, 5) is 0. The first-order valence-corrected chi connectivity index (χ1v) is 4.41. The van der Waals surface area contributed by atoms with Crippen LogP contribution in [0.1, 0.15) is 11.1 Å². The molecule has 1 aromatic carbocycles. The van der Waals surface area contributed by atoms with Gasteiger partial charge < -0.3 is 5.73 Å². The zero-order valence-corrected chi connectivity index (χ0v) is 8.41. The molecule has 0 aliphatic carbocycles. The molecule has 6 heteroatoms. The van der Waals surface area contributed by atoms with Gasteiger partial charge in [0.1, 0.15) is 5.82 Å². The Bertz CT molecular complexity index is 348. The molecule has 0 atom stereocenters. The summed E-state index contributed by atoms with van der Waals surface area (Å²) in [6.45, 7) is -0.281. The van der Waals surface area contributed by atoms with Crippen molar-refractivity contribution in [2.24, 2.45) is 5.73 Å². The van der Waals surface area contributed by atoms with Gasteiger partial charge in [0.2, 0.25) is 0 Å². The van der Waals surface area contributed by atoms with Crippen LogP contribution in [0.2, 0.25) is 0 Å². The van der Waals surface area contributed by atoms with Crippen molar-refractivity contribution in [2.75, 3.05) is 0 Å². The van der Waals surface area contributed by atoms with Crippen LogP contribution in [0.3, 0.4) is 0 Å². The maximum Gasteiger partial charge on any atom is 0.419 e. The lowest BCUT2D eigenvalue weighted by molar-refractivity contribution is -0.140. The summed E-state index contributed by atoms with van der Waals surface area (Å²) in [5.74, 6) is -1.31. The van der Waals surface area contributed by atoms with E-state index in [1.807, 2.05) is 0 Å². The molecule has 0 bridgehead atoms. The quantitative estimate of drug-likeness (QED) is 0.781. The lowest BCUT2D eigenvalue weighted by atomic mass is 10.1. The maximum absolute atomic E-state index is 13.2. The van der Waals surface area contributed by atoms with Crippen LogP contribution in [0.15, 0.2) is 16.6 Å². The highest BCUT2D eigenvalue weighted by molar-refractivity contribution is 9.10. The van der Waals surface area contributed by atoms with E-state index in [-0.39, 0.29) is 16.6 Å². The van der Waals surface area contributed by atoms with Crippen LogP contribution in [0.25, 0.3) is 0 Å². The summed E-state index contributed by atoms with van der Waals surface area (Å²) in [6, 6.07) is 1.81. The molecule has 0 spiro atoms. The number of nitrogens with two attached hydrogens (primary N) is 1. The molecule has 0 aliphatic heterocycles. The van der Waals surface area contributed by atoms with Gasteiger partial charge in [-0.2, -0.15) is 13.2 Å². The van der Waals surface area contributed by atoms with Crippen molar-refractivity contribution in [1.29, 1.82) is 0 Å². The zero-order chi connectivity index (χ0) is 10.9. The summed E-state index contributed by atoms with van der Waals surface area (Å²) < 4.78 is 50.0. The summed E-state index contributed by atoms with van der Waals surface area (Å²) in [5, 5.41) is 0. The van der Waals surface area contributed by atoms with Crippen molar-refractivity contribution in [1.82, 2.24) is 0 Å². The molecule has 0 aliphatic rings. The van der Waals surface area contributed by atoms with Gasteiger partial charge in [0.05, 0.1) is 5.56 Å². The molecule has 2 N–H and O–H groups in total. The standard InChI is InChI=1S/C8H6BrF4N/c9-6-2-1-5(8(11,12)13)7(10)4(6)3-14/h1-2H,3,14H2. The third-order valence-corrected chi connectivity index (χ3v) is 2.44. The van der Waals surface area contributed by atoms with Crippen LogP contribution >= 0.6 is 15.9 Å². The van der Waals surface area contributed by atoms with E-state index in [1.54, 1.807) is 0 Å². The molecule has 1 nitrogen and oxygen atoms in total. The third kappa shape index (κ3) is 2.06. The van der Waals surface area contributed by atoms with Crippen LogP contribution < -0.4 is 5.73 Å². The van der Waals surface area contributed by atoms with E-state index in [9.17, 15) is 17.6 Å². The Kier molecular flexibility index (Phi) is 3.16. The van der Waals surface area contributed by atoms with E-state index in [2.05, 4.69) is 15.9 Å². The molecule has 0 radical (unpaired) electrons. The Labute approximate surface area is 86.0 Å². The van der Waals surface area contributed by atoms with E-state index in [0.717, 1.165) is 6.07 Å². The lowest BCUT2D eigenvalue weighted by Crippen LogP contribution is -2.12. The van der Waals surface area contributed by atoms with Crippen molar-refractivity contribution >= 4 is 15.9 Å². The smallest absolute Gasteiger partial charge is 0.326 e. The molecule has 0 aromatic heterocycles. The highest BCUT2D eigenvalue weighted by Gasteiger charge is 2.35. The third-order valence-electron chi connectivity index (χ3n) is 1.70. The van der Waals surface area contributed by atoms with Crippen LogP contribution in [-0.4, -0.2) is 0 Å². The Hall–Kier alpha value is -0.620. The predicted octanol–water partition coefficient (Wildman–Crippen LogP) is 3.07. The lowest BCUT2D eigenvalue weighted by Gasteiger charge is -2.11. The number of benzene rings is 1. The predicted molar refractivity (Wildman–Crippen MR) is 47.0 cm³/mol. The number of rotatable bonds is 1. The first-order chi connectivity index (χ1) is 6.38. The summed E-state index contributed by atoms with van der Waals surface area (Å²) >= 11 is 2.92. The fourth-order valence-electron chi connectivity index (χ4n) is 1.00. The molecular formula is C8H6BrF4N. The molecule has 0 saturated carbocycles. The average molecular weight is 272 g/mol. The summed E-state index contributed by atoms with van der Waals surface area (Å²) in [6.07, 6.45) is -4.69. The fraction of sp³-hybridized carbons (Fsp3) is 0.250. The molecule has 1 rings (SSSR count). The molecule has 0 heterocycles. The topological polar surface area (TPSA) is 26.0 Å². The minimum Gasteiger partial charge on any atom is -0.326 e. The van der Waals surface area contributed by atoms with Gasteiger partial charge in [-0.05, 0) is 12.1 Å². The number of alkyl halides is 3. The zero-order valence-electron chi connectivity index (χ0n) is 6.83.